The van der Waals surface area contributed by atoms with Gasteiger partial charge in [-0.2, -0.15) is 0 Å². The Bertz CT molecular complexity index is 1090. The number of hydrogen-bond donors (Lipinski definition) is 1. The zero-order chi connectivity index (χ0) is 21.3. The molecule has 0 amide bonds. The molecule has 0 unspecified atom stereocenters. The molecule has 3 aromatic rings. The van der Waals surface area contributed by atoms with E-state index in [-0.39, 0.29) is 5.56 Å². The highest BCUT2D eigenvalue weighted by molar-refractivity contribution is 5.90. The minimum Gasteiger partial charge on any atom is -0.493 e. The number of hydrogen-bond acceptors (Lipinski definition) is 5. The number of aliphatic imine (C=N–C) groups is 1. The molecule has 0 heterocycles. The van der Waals surface area contributed by atoms with E-state index in [4.69, 9.17) is 14.6 Å². The second-order valence-electron chi connectivity index (χ2n) is 6.19. The van der Waals surface area contributed by atoms with Crippen LogP contribution in [-0.4, -0.2) is 30.4 Å². The van der Waals surface area contributed by atoms with Crippen LogP contribution in [0.1, 0.15) is 21.5 Å². The average molecular weight is 401 g/mol. The number of nitrogens with zero attached hydrogens (tertiary/aromatic N) is 1. The smallest absolute Gasteiger partial charge is 0.336 e. The normalized spacial score (nSPS) is 11.0. The maximum absolute atomic E-state index is 12.1. The summed E-state index contributed by atoms with van der Waals surface area (Å²) in [6, 6.07) is 20.7. The first-order valence-corrected chi connectivity index (χ1v) is 9.05. The number of benzene rings is 3. The lowest BCUT2D eigenvalue weighted by Gasteiger charge is -2.08. The number of carbonyl (C=O) groups is 2. The molecule has 1 N–H and O–H groups in total. The summed E-state index contributed by atoms with van der Waals surface area (Å²) >= 11 is 0. The van der Waals surface area contributed by atoms with E-state index in [1.807, 2.05) is 30.3 Å². The Kier molecular flexibility index (Phi) is 6.74. The lowest BCUT2D eigenvalue weighted by Crippen LogP contribution is -2.05. The Hall–Kier alpha value is -4.19. The monoisotopic (exact) mass is 401 g/mol. The Morgan fingerprint density at radius 1 is 0.900 bits per heavy atom. The Morgan fingerprint density at radius 2 is 1.63 bits per heavy atom. The van der Waals surface area contributed by atoms with E-state index in [1.54, 1.807) is 42.6 Å². The van der Waals surface area contributed by atoms with Crippen LogP contribution in [0.5, 0.6) is 11.5 Å². The van der Waals surface area contributed by atoms with Gasteiger partial charge in [0.25, 0.3) is 0 Å². The first-order chi connectivity index (χ1) is 14.5. The molecular weight excluding hydrogens is 382 g/mol. The maximum atomic E-state index is 12.1. The van der Waals surface area contributed by atoms with Crippen molar-refractivity contribution in [3.05, 3.63) is 95.6 Å². The quantitative estimate of drug-likeness (QED) is 0.267. The molecule has 6 nitrogen and oxygen atoms in total. The van der Waals surface area contributed by atoms with Gasteiger partial charge >= 0.3 is 11.9 Å². The Morgan fingerprint density at radius 3 is 2.30 bits per heavy atom. The van der Waals surface area contributed by atoms with Crippen LogP contribution in [0.2, 0.25) is 0 Å². The molecule has 0 bridgehead atoms. The number of rotatable bonds is 7. The van der Waals surface area contributed by atoms with Gasteiger partial charge in [-0.15, -0.1) is 0 Å². The van der Waals surface area contributed by atoms with Crippen molar-refractivity contribution in [2.75, 3.05) is 7.11 Å². The van der Waals surface area contributed by atoms with Gasteiger partial charge in [-0.3, -0.25) is 4.99 Å². The summed E-state index contributed by atoms with van der Waals surface area (Å²) in [5.74, 6) is -0.819. The number of methoxy groups -OCH3 is 1. The van der Waals surface area contributed by atoms with Crippen LogP contribution >= 0.6 is 0 Å². The summed E-state index contributed by atoms with van der Waals surface area (Å²) < 4.78 is 10.7. The number of carboxylic acid groups (broad SMARTS) is 1. The van der Waals surface area contributed by atoms with E-state index in [9.17, 15) is 9.59 Å². The van der Waals surface area contributed by atoms with Crippen molar-refractivity contribution in [1.29, 1.82) is 0 Å². The predicted molar refractivity (Wildman–Crippen MR) is 115 cm³/mol. The van der Waals surface area contributed by atoms with Crippen molar-refractivity contribution in [3.8, 4) is 11.5 Å². The van der Waals surface area contributed by atoms with E-state index in [0.717, 1.165) is 11.1 Å². The van der Waals surface area contributed by atoms with Gasteiger partial charge in [0.2, 0.25) is 0 Å². The molecular formula is C24H19NO5. The van der Waals surface area contributed by atoms with Gasteiger partial charge in [0, 0.05) is 12.3 Å². The van der Waals surface area contributed by atoms with Gasteiger partial charge < -0.3 is 14.6 Å². The van der Waals surface area contributed by atoms with Gasteiger partial charge in [-0.05, 0) is 59.7 Å². The molecule has 0 saturated heterocycles. The maximum Gasteiger partial charge on any atom is 0.336 e. The minimum absolute atomic E-state index is 0.197. The third kappa shape index (κ3) is 5.65. The van der Waals surface area contributed by atoms with E-state index in [0.29, 0.717) is 17.2 Å². The predicted octanol–water partition coefficient (Wildman–Crippen LogP) is 4.76. The van der Waals surface area contributed by atoms with Crippen molar-refractivity contribution < 1.29 is 24.2 Å². The van der Waals surface area contributed by atoms with Crippen molar-refractivity contribution in [1.82, 2.24) is 0 Å². The SMILES string of the molecule is COc1cc(C=Nc2ccc(C(=O)O)cc2)ccc1OC(=O)/C=C/c1ccccc1. The molecule has 150 valence electrons. The lowest BCUT2D eigenvalue weighted by atomic mass is 10.2. The highest BCUT2D eigenvalue weighted by Crippen LogP contribution is 2.28. The number of esters is 1. The van der Waals surface area contributed by atoms with E-state index >= 15 is 0 Å². The Balaban J connectivity index is 1.69. The second kappa shape index (κ2) is 9.84. The van der Waals surface area contributed by atoms with E-state index < -0.39 is 11.9 Å². The zero-order valence-electron chi connectivity index (χ0n) is 16.2. The molecule has 6 heteroatoms. The zero-order valence-corrected chi connectivity index (χ0v) is 16.2. The summed E-state index contributed by atoms with van der Waals surface area (Å²) in [7, 11) is 1.48. The van der Waals surface area contributed by atoms with E-state index in [2.05, 4.69) is 4.99 Å². The van der Waals surface area contributed by atoms with Crippen LogP contribution in [0, 0.1) is 0 Å². The first-order valence-electron chi connectivity index (χ1n) is 9.05. The van der Waals surface area contributed by atoms with Crippen LogP contribution in [0.4, 0.5) is 5.69 Å². The lowest BCUT2D eigenvalue weighted by molar-refractivity contribution is -0.129. The summed E-state index contributed by atoms with van der Waals surface area (Å²) in [5.41, 5.74) is 2.43. The summed E-state index contributed by atoms with van der Waals surface area (Å²) in [6.45, 7) is 0. The van der Waals surface area contributed by atoms with Crippen molar-refractivity contribution in [2.45, 2.75) is 0 Å². The second-order valence-corrected chi connectivity index (χ2v) is 6.19. The fourth-order valence-electron chi connectivity index (χ4n) is 2.56. The fourth-order valence-corrected chi connectivity index (χ4v) is 2.56. The van der Waals surface area contributed by atoms with Gasteiger partial charge in [0.05, 0.1) is 18.4 Å². The third-order valence-corrected chi connectivity index (χ3v) is 4.09. The van der Waals surface area contributed by atoms with E-state index in [1.165, 1.54) is 25.3 Å². The largest absolute Gasteiger partial charge is 0.493 e. The van der Waals surface area contributed by atoms with Gasteiger partial charge in [-0.25, -0.2) is 9.59 Å². The third-order valence-electron chi connectivity index (χ3n) is 4.09. The van der Waals surface area contributed by atoms with Gasteiger partial charge in [0.15, 0.2) is 11.5 Å². The number of aromatic carboxylic acids is 1. The molecule has 3 aromatic carbocycles. The summed E-state index contributed by atoms with van der Waals surface area (Å²) in [5, 5.41) is 8.93. The first kappa shape index (κ1) is 20.5. The molecule has 0 fully saturated rings. The minimum atomic E-state index is -0.987. The number of ether oxygens (including phenoxy) is 2. The average Bonchev–Trinajstić information content (AvgIpc) is 2.78. The molecule has 0 radical (unpaired) electrons. The summed E-state index contributed by atoms with van der Waals surface area (Å²) in [6.07, 6.45) is 4.63. The molecule has 30 heavy (non-hydrogen) atoms. The van der Waals surface area contributed by atoms with Crippen molar-refractivity contribution in [3.63, 3.8) is 0 Å². The summed E-state index contributed by atoms with van der Waals surface area (Å²) in [4.78, 5) is 27.3. The van der Waals surface area contributed by atoms with Crippen LogP contribution in [0.15, 0.2) is 83.9 Å². The molecule has 0 atom stereocenters. The molecule has 3 rings (SSSR count). The van der Waals surface area contributed by atoms with Crippen LogP contribution < -0.4 is 9.47 Å². The molecule has 0 aliphatic carbocycles. The highest BCUT2D eigenvalue weighted by atomic mass is 16.6. The molecule has 0 saturated carbocycles. The topological polar surface area (TPSA) is 85.2 Å². The van der Waals surface area contributed by atoms with Crippen LogP contribution in [0.25, 0.3) is 6.08 Å². The number of carbonyl (C=O) groups excluding carboxylic acids is 1. The van der Waals surface area contributed by atoms with Crippen molar-refractivity contribution in [2.24, 2.45) is 4.99 Å². The molecule has 0 spiro atoms. The fraction of sp³-hybridized carbons (Fsp3) is 0.0417. The van der Waals surface area contributed by atoms with Crippen LogP contribution in [-0.2, 0) is 4.79 Å². The van der Waals surface area contributed by atoms with Gasteiger partial charge in [0.1, 0.15) is 0 Å². The van der Waals surface area contributed by atoms with Crippen LogP contribution in [0.3, 0.4) is 0 Å². The van der Waals surface area contributed by atoms with Crippen molar-refractivity contribution >= 4 is 29.9 Å². The van der Waals surface area contributed by atoms with Gasteiger partial charge in [-0.1, -0.05) is 30.3 Å². The number of carboxylic acids is 1. The molecule has 0 aliphatic rings. The highest BCUT2D eigenvalue weighted by Gasteiger charge is 2.09. The Labute approximate surface area is 173 Å². The molecule has 0 aromatic heterocycles. The molecule has 0 aliphatic heterocycles. The standard InChI is InChI=1S/C24H19NO5/c1-29-22-15-18(16-25-20-11-9-19(10-12-20)24(27)28)7-13-21(22)30-23(26)14-8-17-5-3-2-4-6-17/h2-16H,1H3,(H,27,28)/b14-8+,25-16?.